The third-order valence-electron chi connectivity index (χ3n) is 3.54. The number of ether oxygens (including phenoxy) is 4. The Hall–Kier alpha value is -3.00. The Kier molecular flexibility index (Phi) is 6.62. The maximum absolute atomic E-state index is 12.5. The number of amides is 1. The number of hydrogen-bond acceptors (Lipinski definition) is 6. The van der Waals surface area contributed by atoms with Crippen LogP contribution in [0.3, 0.4) is 0 Å². The lowest BCUT2D eigenvalue weighted by Crippen LogP contribution is -2.34. The van der Waals surface area contributed by atoms with E-state index < -0.39 is 5.91 Å². The van der Waals surface area contributed by atoms with Crippen LogP contribution in [0.2, 0.25) is 0 Å². The average molecular weight is 376 g/mol. The molecule has 2 aromatic carbocycles. The van der Waals surface area contributed by atoms with E-state index in [0.717, 1.165) is 0 Å². The van der Waals surface area contributed by atoms with Crippen LogP contribution < -0.4 is 29.6 Å². The molecular weight excluding hydrogens is 356 g/mol. The van der Waals surface area contributed by atoms with Gasteiger partial charge in [-0.05, 0) is 36.5 Å². The molecule has 0 spiro atoms. The summed E-state index contributed by atoms with van der Waals surface area (Å²) in [5.41, 5.74) is 0.930. The summed E-state index contributed by atoms with van der Waals surface area (Å²) in [5, 5.41) is 5.66. The van der Waals surface area contributed by atoms with Crippen LogP contribution in [0, 0.1) is 0 Å². The van der Waals surface area contributed by atoms with Crippen molar-refractivity contribution in [3.05, 3.63) is 42.0 Å². The van der Waals surface area contributed by atoms with Crippen molar-refractivity contribution in [3.8, 4) is 23.0 Å². The lowest BCUT2D eigenvalue weighted by atomic mass is 10.2. The van der Waals surface area contributed by atoms with Crippen molar-refractivity contribution in [2.75, 3.05) is 33.8 Å². The molecule has 0 saturated heterocycles. The van der Waals surface area contributed by atoms with Crippen LogP contribution in [0.1, 0.15) is 10.4 Å². The first kappa shape index (κ1) is 19.3. The molecule has 1 amide bonds. The summed E-state index contributed by atoms with van der Waals surface area (Å²) in [6.45, 7) is 0. The second-order valence-corrected chi connectivity index (χ2v) is 5.45. The Morgan fingerprint density at radius 1 is 0.846 bits per heavy atom. The van der Waals surface area contributed by atoms with E-state index in [4.69, 9.17) is 31.2 Å². The van der Waals surface area contributed by atoms with Gasteiger partial charge in [0.05, 0.1) is 39.7 Å². The summed E-state index contributed by atoms with van der Waals surface area (Å²) in [5.74, 6) is 1.73. The van der Waals surface area contributed by atoms with Crippen LogP contribution in [-0.2, 0) is 0 Å². The molecule has 2 rings (SSSR count). The summed E-state index contributed by atoms with van der Waals surface area (Å²) in [4.78, 5) is 12.5. The fourth-order valence-corrected chi connectivity index (χ4v) is 2.41. The molecule has 0 heterocycles. The number of thiocarbonyl (C=S) groups is 1. The molecule has 0 radical (unpaired) electrons. The molecule has 2 aromatic rings. The van der Waals surface area contributed by atoms with Crippen molar-refractivity contribution in [2.45, 2.75) is 0 Å². The van der Waals surface area contributed by atoms with E-state index in [2.05, 4.69) is 10.6 Å². The van der Waals surface area contributed by atoms with Gasteiger partial charge in [-0.15, -0.1) is 0 Å². The number of carbonyl (C=O) groups excluding carboxylic acids is 1. The first-order valence-corrected chi connectivity index (χ1v) is 7.99. The molecule has 0 aliphatic heterocycles. The van der Waals surface area contributed by atoms with Crippen LogP contribution >= 0.6 is 12.2 Å². The third-order valence-corrected chi connectivity index (χ3v) is 3.74. The molecule has 26 heavy (non-hydrogen) atoms. The number of rotatable bonds is 6. The van der Waals surface area contributed by atoms with E-state index in [1.54, 1.807) is 43.5 Å². The topological polar surface area (TPSA) is 78.1 Å². The lowest BCUT2D eigenvalue weighted by Gasteiger charge is -2.15. The van der Waals surface area contributed by atoms with Gasteiger partial charge < -0.3 is 24.3 Å². The number of methoxy groups -OCH3 is 4. The first-order chi connectivity index (χ1) is 12.5. The highest BCUT2D eigenvalue weighted by atomic mass is 32.1. The molecule has 0 saturated carbocycles. The molecule has 0 fully saturated rings. The molecule has 2 N–H and O–H groups in total. The van der Waals surface area contributed by atoms with Crippen molar-refractivity contribution < 1.29 is 23.7 Å². The van der Waals surface area contributed by atoms with Gasteiger partial charge in [0.2, 0.25) is 0 Å². The smallest absolute Gasteiger partial charge is 0.261 e. The highest BCUT2D eigenvalue weighted by Gasteiger charge is 2.15. The molecule has 7 nitrogen and oxygen atoms in total. The van der Waals surface area contributed by atoms with Gasteiger partial charge in [0.1, 0.15) is 23.0 Å². The second kappa shape index (κ2) is 8.91. The monoisotopic (exact) mass is 376 g/mol. The van der Waals surface area contributed by atoms with E-state index >= 15 is 0 Å². The van der Waals surface area contributed by atoms with Crippen molar-refractivity contribution in [1.29, 1.82) is 0 Å². The lowest BCUT2D eigenvalue weighted by molar-refractivity contribution is 0.0974. The van der Waals surface area contributed by atoms with E-state index in [9.17, 15) is 4.79 Å². The third kappa shape index (κ3) is 4.54. The zero-order chi connectivity index (χ0) is 19.1. The van der Waals surface area contributed by atoms with Gasteiger partial charge in [-0.3, -0.25) is 10.1 Å². The number of nitrogens with one attached hydrogen (secondary N) is 2. The Balaban J connectivity index is 2.12. The van der Waals surface area contributed by atoms with Crippen LogP contribution in [0.15, 0.2) is 36.4 Å². The predicted octanol–water partition coefficient (Wildman–Crippen LogP) is 2.85. The summed E-state index contributed by atoms with van der Waals surface area (Å²) < 4.78 is 20.8. The molecular formula is C18H20N2O5S. The number of hydrogen-bond donors (Lipinski definition) is 2. The molecule has 0 bridgehead atoms. The van der Waals surface area contributed by atoms with E-state index in [1.807, 2.05) is 0 Å². The summed E-state index contributed by atoms with van der Waals surface area (Å²) in [6, 6.07) is 10.1. The maximum Gasteiger partial charge on any atom is 0.261 e. The Bertz CT molecular complexity index is 810. The second-order valence-electron chi connectivity index (χ2n) is 5.04. The summed E-state index contributed by atoms with van der Waals surface area (Å²) in [7, 11) is 6.11. The highest BCUT2D eigenvalue weighted by molar-refractivity contribution is 7.80. The van der Waals surface area contributed by atoms with Crippen LogP contribution in [-0.4, -0.2) is 39.5 Å². The quantitative estimate of drug-likeness (QED) is 0.751. The van der Waals surface area contributed by atoms with Gasteiger partial charge in [-0.1, -0.05) is 0 Å². The molecule has 138 valence electrons. The van der Waals surface area contributed by atoms with Crippen LogP contribution in [0.4, 0.5) is 5.69 Å². The van der Waals surface area contributed by atoms with Gasteiger partial charge in [0.25, 0.3) is 5.91 Å². The van der Waals surface area contributed by atoms with E-state index in [1.165, 1.54) is 21.3 Å². The zero-order valence-corrected chi connectivity index (χ0v) is 15.7. The minimum Gasteiger partial charge on any atom is -0.497 e. The number of anilines is 1. The van der Waals surface area contributed by atoms with Crippen LogP contribution in [0.5, 0.6) is 23.0 Å². The van der Waals surface area contributed by atoms with Crippen molar-refractivity contribution in [3.63, 3.8) is 0 Å². The zero-order valence-electron chi connectivity index (χ0n) is 14.9. The minimum absolute atomic E-state index is 0.122. The van der Waals surface area contributed by atoms with Gasteiger partial charge in [-0.25, -0.2) is 0 Å². The molecule has 0 aliphatic carbocycles. The predicted molar refractivity (Wildman–Crippen MR) is 103 cm³/mol. The normalized spacial score (nSPS) is 9.85. The molecule has 0 unspecified atom stereocenters. The summed E-state index contributed by atoms with van der Waals surface area (Å²) in [6.07, 6.45) is 0. The van der Waals surface area contributed by atoms with Gasteiger partial charge in [0.15, 0.2) is 5.11 Å². The number of benzene rings is 2. The fourth-order valence-electron chi connectivity index (χ4n) is 2.21. The van der Waals surface area contributed by atoms with E-state index in [0.29, 0.717) is 34.2 Å². The maximum atomic E-state index is 12.5. The SMILES string of the molecule is COc1ccc(NC(=S)NC(=O)c2ccc(OC)cc2OC)c(OC)c1. The van der Waals surface area contributed by atoms with Crippen molar-refractivity contribution >= 4 is 28.9 Å². The van der Waals surface area contributed by atoms with Gasteiger partial charge in [0, 0.05) is 12.1 Å². The molecule has 0 aromatic heterocycles. The van der Waals surface area contributed by atoms with Crippen molar-refractivity contribution in [1.82, 2.24) is 5.32 Å². The summed E-state index contributed by atoms with van der Waals surface area (Å²) >= 11 is 5.21. The van der Waals surface area contributed by atoms with Crippen LogP contribution in [0.25, 0.3) is 0 Å². The average Bonchev–Trinajstić information content (AvgIpc) is 2.67. The number of carbonyl (C=O) groups is 1. The molecule has 8 heteroatoms. The van der Waals surface area contributed by atoms with Gasteiger partial charge in [-0.2, -0.15) is 0 Å². The first-order valence-electron chi connectivity index (χ1n) is 7.58. The fraction of sp³-hybridized carbons (Fsp3) is 0.222. The molecule has 0 atom stereocenters. The molecule has 0 aliphatic rings. The standard InChI is InChI=1S/C18H20N2O5S/c1-22-11-5-7-13(15(9-11)24-3)17(21)20-18(26)19-14-8-6-12(23-2)10-16(14)25-4/h5-10H,1-4H3,(H2,19,20,21,26). The largest absolute Gasteiger partial charge is 0.497 e. The minimum atomic E-state index is -0.408. The van der Waals surface area contributed by atoms with Crippen molar-refractivity contribution in [2.24, 2.45) is 0 Å². The highest BCUT2D eigenvalue weighted by Crippen LogP contribution is 2.29. The van der Waals surface area contributed by atoms with Gasteiger partial charge >= 0.3 is 0 Å². The Morgan fingerprint density at radius 2 is 1.42 bits per heavy atom. The Morgan fingerprint density at radius 3 is 2.00 bits per heavy atom. The van der Waals surface area contributed by atoms with E-state index in [-0.39, 0.29) is 5.11 Å². The Labute approximate surface area is 157 Å².